The summed E-state index contributed by atoms with van der Waals surface area (Å²) in [5.74, 6) is 0.732. The molecule has 0 amide bonds. The van der Waals surface area contributed by atoms with Crippen molar-refractivity contribution in [2.45, 2.75) is 13.1 Å². The molecule has 2 aromatic rings. The number of ether oxygens (including phenoxy) is 2. The van der Waals surface area contributed by atoms with Gasteiger partial charge in [0.2, 0.25) is 0 Å². The van der Waals surface area contributed by atoms with Crippen LogP contribution in [0.4, 0.5) is 5.69 Å². The van der Waals surface area contributed by atoms with Gasteiger partial charge < -0.3 is 15.2 Å². The van der Waals surface area contributed by atoms with Crippen molar-refractivity contribution >= 4 is 5.69 Å². The normalized spacial score (nSPS) is 10.4. The summed E-state index contributed by atoms with van der Waals surface area (Å²) in [7, 11) is 1.47. The number of aromatic nitrogens is 2. The van der Waals surface area contributed by atoms with Crippen molar-refractivity contribution in [3.63, 3.8) is 0 Å². The van der Waals surface area contributed by atoms with E-state index in [-0.39, 0.29) is 12.2 Å². The van der Waals surface area contributed by atoms with E-state index in [1.165, 1.54) is 19.2 Å². The molecule has 0 bridgehead atoms. The number of hydrogen-bond donors (Lipinski definition) is 1. The number of nitro groups is 1. The largest absolute Gasteiger partial charge is 0.493 e. The van der Waals surface area contributed by atoms with Gasteiger partial charge in [0.1, 0.15) is 6.61 Å². The average Bonchev–Trinajstić information content (AvgIpc) is 2.99. The molecule has 2 rings (SSSR count). The molecule has 0 saturated heterocycles. The van der Waals surface area contributed by atoms with Crippen molar-refractivity contribution in [2.24, 2.45) is 5.73 Å². The van der Waals surface area contributed by atoms with Crippen LogP contribution in [0.15, 0.2) is 30.6 Å². The van der Waals surface area contributed by atoms with Gasteiger partial charge in [-0.3, -0.25) is 14.8 Å². The fraction of sp³-hybridized carbons (Fsp3) is 0.308. The quantitative estimate of drug-likeness (QED) is 0.609. The molecule has 0 aliphatic carbocycles. The maximum Gasteiger partial charge on any atom is 0.277 e. The van der Waals surface area contributed by atoms with Crippen molar-refractivity contribution in [3.8, 4) is 11.5 Å². The highest BCUT2D eigenvalue weighted by atomic mass is 16.6. The Morgan fingerprint density at radius 3 is 2.81 bits per heavy atom. The summed E-state index contributed by atoms with van der Waals surface area (Å²) in [6.45, 7) is 0.903. The fourth-order valence-corrected chi connectivity index (χ4v) is 1.88. The first kappa shape index (κ1) is 14.8. The van der Waals surface area contributed by atoms with Gasteiger partial charge in [-0.05, 0) is 12.1 Å². The van der Waals surface area contributed by atoms with Crippen LogP contribution in [0.1, 0.15) is 5.56 Å². The molecule has 8 nitrogen and oxygen atoms in total. The molecule has 8 heteroatoms. The monoisotopic (exact) mass is 292 g/mol. The third kappa shape index (κ3) is 3.48. The molecule has 0 aliphatic rings. The maximum absolute atomic E-state index is 11.0. The van der Waals surface area contributed by atoms with Crippen LogP contribution < -0.4 is 15.2 Å². The highest BCUT2D eigenvalue weighted by molar-refractivity contribution is 5.54. The van der Waals surface area contributed by atoms with Crippen molar-refractivity contribution in [2.75, 3.05) is 13.7 Å². The van der Waals surface area contributed by atoms with E-state index < -0.39 is 4.92 Å². The molecule has 0 atom stereocenters. The Kier molecular flexibility index (Phi) is 4.72. The predicted octanol–water partition coefficient (Wildman–Crippen LogP) is 1.34. The summed E-state index contributed by atoms with van der Waals surface area (Å²) < 4.78 is 12.4. The van der Waals surface area contributed by atoms with Crippen LogP contribution in [0.3, 0.4) is 0 Å². The summed E-state index contributed by atoms with van der Waals surface area (Å²) in [5.41, 5.74) is 5.84. The predicted molar refractivity (Wildman–Crippen MR) is 75.3 cm³/mol. The lowest BCUT2D eigenvalue weighted by Gasteiger charge is -2.12. The van der Waals surface area contributed by atoms with Gasteiger partial charge in [0.25, 0.3) is 5.69 Å². The molecule has 1 aromatic carbocycles. The summed E-state index contributed by atoms with van der Waals surface area (Å²) in [5, 5.41) is 15.1. The lowest BCUT2D eigenvalue weighted by atomic mass is 10.1. The number of nitrogens with two attached hydrogens (primary N) is 1. The topological polar surface area (TPSA) is 105 Å². The Morgan fingerprint density at radius 1 is 1.43 bits per heavy atom. The molecule has 0 radical (unpaired) electrons. The minimum absolute atomic E-state index is 0.0558. The zero-order valence-electron chi connectivity index (χ0n) is 11.6. The fourth-order valence-electron chi connectivity index (χ4n) is 1.88. The SMILES string of the molecule is COc1cc(CN)c([N+](=O)[O-])cc1OCCn1cccn1. The second-order valence-corrected chi connectivity index (χ2v) is 4.21. The smallest absolute Gasteiger partial charge is 0.277 e. The van der Waals surface area contributed by atoms with Gasteiger partial charge in [0.15, 0.2) is 11.5 Å². The minimum Gasteiger partial charge on any atom is -0.493 e. The van der Waals surface area contributed by atoms with Gasteiger partial charge in [-0.25, -0.2) is 0 Å². The number of nitrogens with zero attached hydrogens (tertiary/aromatic N) is 3. The van der Waals surface area contributed by atoms with Crippen LogP contribution in [0.5, 0.6) is 11.5 Å². The van der Waals surface area contributed by atoms with Gasteiger partial charge in [0, 0.05) is 24.5 Å². The van der Waals surface area contributed by atoms with Crippen LogP contribution in [0.25, 0.3) is 0 Å². The van der Waals surface area contributed by atoms with Crippen LogP contribution in [-0.2, 0) is 13.1 Å². The van der Waals surface area contributed by atoms with Crippen LogP contribution >= 0.6 is 0 Å². The van der Waals surface area contributed by atoms with E-state index in [4.69, 9.17) is 15.2 Å². The van der Waals surface area contributed by atoms with Gasteiger partial charge in [-0.15, -0.1) is 0 Å². The number of methoxy groups -OCH3 is 1. The van der Waals surface area contributed by atoms with E-state index in [9.17, 15) is 10.1 Å². The van der Waals surface area contributed by atoms with E-state index in [0.717, 1.165) is 0 Å². The lowest BCUT2D eigenvalue weighted by Crippen LogP contribution is -2.10. The molecule has 1 heterocycles. The van der Waals surface area contributed by atoms with Crippen molar-refractivity contribution in [1.82, 2.24) is 9.78 Å². The van der Waals surface area contributed by atoms with Crippen molar-refractivity contribution < 1.29 is 14.4 Å². The van der Waals surface area contributed by atoms with E-state index in [1.807, 2.05) is 6.07 Å². The summed E-state index contributed by atoms with van der Waals surface area (Å²) in [6.07, 6.45) is 3.47. The van der Waals surface area contributed by atoms with Gasteiger partial charge in [-0.1, -0.05) is 0 Å². The molecule has 0 aliphatic heterocycles. The Balaban J connectivity index is 2.16. The second kappa shape index (κ2) is 6.71. The van der Waals surface area contributed by atoms with E-state index in [1.54, 1.807) is 17.1 Å². The molecular formula is C13H16N4O4. The van der Waals surface area contributed by atoms with Gasteiger partial charge >= 0.3 is 0 Å². The maximum atomic E-state index is 11.0. The number of benzene rings is 1. The molecule has 0 saturated carbocycles. The first-order chi connectivity index (χ1) is 10.2. The van der Waals surface area contributed by atoms with Crippen molar-refractivity contribution in [3.05, 3.63) is 46.3 Å². The first-order valence-corrected chi connectivity index (χ1v) is 6.31. The lowest BCUT2D eigenvalue weighted by molar-refractivity contribution is -0.385. The zero-order chi connectivity index (χ0) is 15.2. The van der Waals surface area contributed by atoms with Crippen LogP contribution in [-0.4, -0.2) is 28.4 Å². The molecule has 1 aromatic heterocycles. The molecule has 2 N–H and O–H groups in total. The van der Waals surface area contributed by atoms with Gasteiger partial charge in [0.05, 0.1) is 24.6 Å². The highest BCUT2D eigenvalue weighted by Crippen LogP contribution is 2.34. The average molecular weight is 292 g/mol. The Hall–Kier alpha value is -2.61. The number of nitro benzene ring substituents is 1. The molecule has 112 valence electrons. The molecule has 0 spiro atoms. The van der Waals surface area contributed by atoms with E-state index in [0.29, 0.717) is 30.2 Å². The molecule has 0 fully saturated rings. The Morgan fingerprint density at radius 2 is 2.24 bits per heavy atom. The highest BCUT2D eigenvalue weighted by Gasteiger charge is 2.18. The van der Waals surface area contributed by atoms with Crippen LogP contribution in [0.2, 0.25) is 0 Å². The number of rotatable bonds is 7. The zero-order valence-corrected chi connectivity index (χ0v) is 11.6. The standard InChI is InChI=1S/C13H16N4O4/c1-20-12-7-10(9-14)11(17(18)19)8-13(12)21-6-5-16-4-2-3-15-16/h2-4,7-8H,5-6,9,14H2,1H3. The summed E-state index contributed by atoms with van der Waals surface area (Å²) in [6, 6.07) is 4.67. The number of hydrogen-bond acceptors (Lipinski definition) is 6. The summed E-state index contributed by atoms with van der Waals surface area (Å²) >= 11 is 0. The van der Waals surface area contributed by atoms with Crippen LogP contribution in [0, 0.1) is 10.1 Å². The molecule has 0 unspecified atom stereocenters. The first-order valence-electron chi connectivity index (χ1n) is 6.31. The minimum atomic E-state index is -0.484. The second-order valence-electron chi connectivity index (χ2n) is 4.21. The van der Waals surface area contributed by atoms with Crippen molar-refractivity contribution in [1.29, 1.82) is 0 Å². The third-order valence-electron chi connectivity index (χ3n) is 2.92. The molecule has 21 heavy (non-hydrogen) atoms. The van der Waals surface area contributed by atoms with Gasteiger partial charge in [-0.2, -0.15) is 5.10 Å². The molecular weight excluding hydrogens is 276 g/mol. The van der Waals surface area contributed by atoms with E-state index in [2.05, 4.69) is 5.10 Å². The third-order valence-corrected chi connectivity index (χ3v) is 2.92. The Labute approximate surface area is 121 Å². The summed E-state index contributed by atoms with van der Waals surface area (Å²) in [4.78, 5) is 10.5. The Bertz CT molecular complexity index is 613. The van der Waals surface area contributed by atoms with E-state index >= 15 is 0 Å².